The maximum Gasteiger partial charge on any atom is 0.133 e. The van der Waals surface area contributed by atoms with Gasteiger partial charge in [0.05, 0.1) is 6.61 Å². The van der Waals surface area contributed by atoms with Crippen LogP contribution in [0.4, 0.5) is 0 Å². The molecule has 2 nitrogen and oxygen atoms in total. The Morgan fingerprint density at radius 2 is 2.12 bits per heavy atom. The highest BCUT2D eigenvalue weighted by molar-refractivity contribution is 5.80. The first-order chi connectivity index (χ1) is 8.34. The van der Waals surface area contributed by atoms with Crippen LogP contribution in [0.1, 0.15) is 25.7 Å². The van der Waals surface area contributed by atoms with E-state index in [-0.39, 0.29) is 0 Å². The number of hydrogen-bond donors (Lipinski definition) is 0. The minimum absolute atomic E-state index is 0.403. The number of rotatable bonds is 5. The Bertz CT molecular complexity index is 381. The summed E-state index contributed by atoms with van der Waals surface area (Å²) < 4.78 is 5.57. The molecular formula is C15H18O2. The Balaban J connectivity index is 1.63. The van der Waals surface area contributed by atoms with E-state index in [4.69, 9.17) is 4.74 Å². The third kappa shape index (κ3) is 4.06. The second-order valence-electron chi connectivity index (χ2n) is 4.42. The number of hydrogen-bond acceptors (Lipinski definition) is 2. The molecule has 2 rings (SSSR count). The molecule has 1 unspecified atom stereocenters. The van der Waals surface area contributed by atoms with E-state index >= 15 is 0 Å². The van der Waals surface area contributed by atoms with Gasteiger partial charge in [0.25, 0.3) is 0 Å². The molecule has 0 bridgehead atoms. The summed E-state index contributed by atoms with van der Waals surface area (Å²) in [5.41, 5.74) is 0. The van der Waals surface area contributed by atoms with Crippen molar-refractivity contribution in [2.45, 2.75) is 25.7 Å². The Labute approximate surface area is 102 Å². The van der Waals surface area contributed by atoms with Crippen LogP contribution in [0.2, 0.25) is 0 Å². The van der Waals surface area contributed by atoms with Crippen LogP contribution >= 0.6 is 0 Å². The predicted molar refractivity (Wildman–Crippen MR) is 68.0 cm³/mol. The van der Waals surface area contributed by atoms with Crippen LogP contribution in [0, 0.1) is 5.92 Å². The first-order valence-corrected chi connectivity index (χ1v) is 6.21. The summed E-state index contributed by atoms with van der Waals surface area (Å²) in [7, 11) is 0. The summed E-state index contributed by atoms with van der Waals surface area (Å²) in [5.74, 6) is 1.79. The molecule has 17 heavy (non-hydrogen) atoms. The van der Waals surface area contributed by atoms with E-state index in [1.54, 1.807) is 0 Å². The fourth-order valence-corrected chi connectivity index (χ4v) is 2.06. The molecular weight excluding hydrogens is 212 g/mol. The molecule has 0 heterocycles. The number of carbonyl (C=O) groups excluding carboxylic acids is 1. The first-order valence-electron chi connectivity index (χ1n) is 6.21. The van der Waals surface area contributed by atoms with Crippen LogP contribution in [0.5, 0.6) is 5.75 Å². The van der Waals surface area contributed by atoms with Gasteiger partial charge in [0.2, 0.25) is 0 Å². The lowest BCUT2D eigenvalue weighted by molar-refractivity contribution is -0.117. The van der Waals surface area contributed by atoms with E-state index in [1.807, 2.05) is 30.3 Å². The first kappa shape index (κ1) is 11.9. The number of carbonyl (C=O) groups is 1. The number of allylic oxidation sites excluding steroid dienone is 1. The molecule has 0 aliphatic heterocycles. The van der Waals surface area contributed by atoms with Gasteiger partial charge in [-0.25, -0.2) is 0 Å². The molecule has 1 atom stereocenters. The highest BCUT2D eigenvalue weighted by atomic mass is 16.5. The molecule has 1 aromatic carbocycles. The maximum atomic E-state index is 11.1. The lowest BCUT2D eigenvalue weighted by Gasteiger charge is -2.03. The van der Waals surface area contributed by atoms with Gasteiger partial charge in [-0.1, -0.05) is 30.4 Å². The van der Waals surface area contributed by atoms with Crippen LogP contribution in [0.3, 0.4) is 0 Å². The van der Waals surface area contributed by atoms with Crippen LogP contribution in [0.15, 0.2) is 42.5 Å². The molecule has 1 fully saturated rings. The molecule has 0 spiro atoms. The molecule has 90 valence electrons. The average Bonchev–Trinajstić information content (AvgIpc) is 2.76. The third-order valence-corrected chi connectivity index (χ3v) is 2.99. The van der Waals surface area contributed by atoms with Crippen molar-refractivity contribution >= 4 is 5.78 Å². The Morgan fingerprint density at radius 3 is 2.82 bits per heavy atom. The zero-order chi connectivity index (χ0) is 11.9. The van der Waals surface area contributed by atoms with Gasteiger partial charge in [-0.3, -0.25) is 4.79 Å². The van der Waals surface area contributed by atoms with E-state index in [2.05, 4.69) is 12.2 Å². The second kappa shape index (κ2) is 6.24. The van der Waals surface area contributed by atoms with Gasteiger partial charge in [0.15, 0.2) is 0 Å². The highest BCUT2D eigenvalue weighted by Crippen LogP contribution is 2.22. The zero-order valence-corrected chi connectivity index (χ0v) is 9.97. The molecule has 0 saturated heterocycles. The van der Waals surface area contributed by atoms with Crippen LogP contribution in [0.25, 0.3) is 0 Å². The van der Waals surface area contributed by atoms with Gasteiger partial charge in [-0.05, 0) is 30.9 Å². The van der Waals surface area contributed by atoms with Crippen molar-refractivity contribution in [3.63, 3.8) is 0 Å². The van der Waals surface area contributed by atoms with Crippen LogP contribution in [-0.2, 0) is 4.79 Å². The maximum absolute atomic E-state index is 11.1. The smallest absolute Gasteiger partial charge is 0.133 e. The predicted octanol–water partition coefficient (Wildman–Crippen LogP) is 3.38. The summed E-state index contributed by atoms with van der Waals surface area (Å²) in [5, 5.41) is 0. The van der Waals surface area contributed by atoms with E-state index in [0.29, 0.717) is 18.3 Å². The Morgan fingerprint density at radius 1 is 1.29 bits per heavy atom. The van der Waals surface area contributed by atoms with Crippen LogP contribution < -0.4 is 4.74 Å². The quantitative estimate of drug-likeness (QED) is 0.572. The normalized spacial score (nSPS) is 20.0. The lowest BCUT2D eigenvalue weighted by Crippen LogP contribution is -1.96. The van der Waals surface area contributed by atoms with E-state index in [0.717, 1.165) is 31.4 Å². The number of para-hydroxylation sites is 1. The minimum Gasteiger partial charge on any atom is -0.493 e. The third-order valence-electron chi connectivity index (χ3n) is 2.99. The molecule has 0 amide bonds. The van der Waals surface area contributed by atoms with Gasteiger partial charge in [0.1, 0.15) is 11.5 Å². The molecule has 0 N–H and O–H groups in total. The van der Waals surface area contributed by atoms with Gasteiger partial charge in [0, 0.05) is 12.8 Å². The standard InChI is InChI=1S/C15H18O2/c16-14-10-9-13(12-14)6-4-5-11-17-15-7-2-1-3-8-15/h1-4,6-8,13H,5,9-12H2/b6-4+. The molecule has 1 aliphatic carbocycles. The monoisotopic (exact) mass is 230 g/mol. The van der Waals surface area contributed by atoms with Crippen molar-refractivity contribution in [1.82, 2.24) is 0 Å². The number of benzene rings is 1. The van der Waals surface area contributed by atoms with Crippen molar-refractivity contribution < 1.29 is 9.53 Å². The summed E-state index contributed by atoms with van der Waals surface area (Å²) in [6.07, 6.45) is 7.71. The summed E-state index contributed by atoms with van der Waals surface area (Å²) in [6.45, 7) is 0.696. The fourth-order valence-electron chi connectivity index (χ4n) is 2.06. The van der Waals surface area contributed by atoms with Gasteiger partial charge in [-0.15, -0.1) is 0 Å². The van der Waals surface area contributed by atoms with Crippen LogP contribution in [-0.4, -0.2) is 12.4 Å². The van der Waals surface area contributed by atoms with Crippen molar-refractivity contribution in [3.05, 3.63) is 42.5 Å². The zero-order valence-electron chi connectivity index (χ0n) is 9.97. The molecule has 1 aromatic rings. The fraction of sp³-hybridized carbons (Fsp3) is 0.400. The van der Waals surface area contributed by atoms with Gasteiger partial charge < -0.3 is 4.74 Å². The van der Waals surface area contributed by atoms with E-state index < -0.39 is 0 Å². The van der Waals surface area contributed by atoms with Crippen molar-refractivity contribution in [2.75, 3.05) is 6.61 Å². The summed E-state index contributed by atoms with van der Waals surface area (Å²) >= 11 is 0. The molecule has 0 radical (unpaired) electrons. The van der Waals surface area contributed by atoms with Crippen molar-refractivity contribution in [1.29, 1.82) is 0 Å². The second-order valence-corrected chi connectivity index (χ2v) is 4.42. The number of ether oxygens (including phenoxy) is 1. The van der Waals surface area contributed by atoms with E-state index in [9.17, 15) is 4.79 Å². The van der Waals surface area contributed by atoms with Gasteiger partial charge in [-0.2, -0.15) is 0 Å². The highest BCUT2D eigenvalue weighted by Gasteiger charge is 2.18. The minimum atomic E-state index is 0.403. The van der Waals surface area contributed by atoms with Crippen molar-refractivity contribution in [2.24, 2.45) is 5.92 Å². The van der Waals surface area contributed by atoms with Crippen molar-refractivity contribution in [3.8, 4) is 5.75 Å². The van der Waals surface area contributed by atoms with Gasteiger partial charge >= 0.3 is 0 Å². The molecule has 2 heteroatoms. The molecule has 0 aromatic heterocycles. The Hall–Kier alpha value is -1.57. The molecule has 1 saturated carbocycles. The lowest BCUT2D eigenvalue weighted by atomic mass is 10.1. The summed E-state index contributed by atoms with van der Waals surface area (Å²) in [4.78, 5) is 11.1. The SMILES string of the molecule is O=C1CCC(/C=C/CCOc2ccccc2)C1. The number of ketones is 1. The Kier molecular flexibility index (Phi) is 4.37. The topological polar surface area (TPSA) is 26.3 Å². The van der Waals surface area contributed by atoms with E-state index in [1.165, 1.54) is 0 Å². The summed E-state index contributed by atoms with van der Waals surface area (Å²) in [6, 6.07) is 9.83. The molecule has 1 aliphatic rings. The largest absolute Gasteiger partial charge is 0.493 e. The number of Topliss-reactive ketones (excluding diaryl/α,β-unsaturated/α-hetero) is 1. The average molecular weight is 230 g/mol.